The van der Waals surface area contributed by atoms with E-state index in [4.69, 9.17) is 16.6 Å². The summed E-state index contributed by atoms with van der Waals surface area (Å²) in [5, 5.41) is 20.6. The lowest BCUT2D eigenvalue weighted by Gasteiger charge is -2.26. The van der Waals surface area contributed by atoms with E-state index < -0.39 is 29.8 Å². The second-order valence-corrected chi connectivity index (χ2v) is 14.1. The van der Waals surface area contributed by atoms with Crippen LogP contribution in [0.4, 0.5) is 13.2 Å². The Kier molecular flexibility index (Phi) is 11.7. The molecule has 0 unspecified atom stereocenters. The van der Waals surface area contributed by atoms with Crippen LogP contribution in [-0.2, 0) is 19.1 Å². The number of nitrogens with zero attached hydrogens (tertiary/aromatic N) is 3. The van der Waals surface area contributed by atoms with Gasteiger partial charge in [-0.15, -0.1) is 11.3 Å². The van der Waals surface area contributed by atoms with E-state index in [1.54, 1.807) is 41.3 Å². The summed E-state index contributed by atoms with van der Waals surface area (Å²) in [7, 11) is 0. The smallest absolute Gasteiger partial charge is 0.390 e. The fraction of sp³-hybridized carbons (Fsp3) is 0.282. The number of aryl methyl sites for hydroxylation is 1. The van der Waals surface area contributed by atoms with Crippen LogP contribution in [0, 0.1) is 6.92 Å². The van der Waals surface area contributed by atoms with Crippen LogP contribution in [0.25, 0.3) is 11.3 Å². The lowest BCUT2D eigenvalue weighted by Crippen LogP contribution is -2.48. The Morgan fingerprint density at radius 3 is 2.50 bits per heavy atom. The number of nitrogens with one attached hydrogen (secondary N) is 2. The molecule has 2 aromatic heterocycles. The fourth-order valence-electron chi connectivity index (χ4n) is 6.27. The van der Waals surface area contributed by atoms with Crippen LogP contribution >= 0.6 is 22.9 Å². The molecule has 1 saturated heterocycles. The average molecular weight is 748 g/mol. The first-order chi connectivity index (χ1) is 24.9. The topological polar surface area (TPSA) is 107 Å². The zero-order valence-corrected chi connectivity index (χ0v) is 29.8. The van der Waals surface area contributed by atoms with Crippen molar-refractivity contribution in [3.05, 3.63) is 140 Å². The number of hydrogen-bond acceptors (Lipinski definition) is 7. The van der Waals surface area contributed by atoms with E-state index in [2.05, 4.69) is 15.6 Å². The zero-order chi connectivity index (χ0) is 36.8. The number of carbonyl (C=O) groups is 2. The second kappa shape index (κ2) is 16.4. The van der Waals surface area contributed by atoms with E-state index >= 15 is 0 Å². The van der Waals surface area contributed by atoms with Crippen molar-refractivity contribution < 1.29 is 27.9 Å². The molecule has 3 N–H and O–H groups in total. The van der Waals surface area contributed by atoms with Gasteiger partial charge in [-0.05, 0) is 67.6 Å². The maximum Gasteiger partial charge on any atom is 0.416 e. The highest BCUT2D eigenvalue weighted by Crippen LogP contribution is 2.35. The molecule has 0 saturated carbocycles. The van der Waals surface area contributed by atoms with Crippen molar-refractivity contribution in [2.24, 2.45) is 0 Å². The average Bonchev–Trinajstić information content (AvgIpc) is 3.80. The molecule has 2 amide bonds. The number of pyridine rings is 1. The van der Waals surface area contributed by atoms with Crippen molar-refractivity contribution in [1.29, 1.82) is 0 Å². The molecule has 3 atom stereocenters. The van der Waals surface area contributed by atoms with Gasteiger partial charge in [0.2, 0.25) is 0 Å². The molecule has 1 fully saturated rings. The van der Waals surface area contributed by atoms with Crippen molar-refractivity contribution in [3.8, 4) is 11.3 Å². The maximum atomic E-state index is 14.1. The minimum absolute atomic E-state index is 0.0194. The van der Waals surface area contributed by atoms with Gasteiger partial charge in [0.25, 0.3) is 11.8 Å². The molecule has 0 aliphatic carbocycles. The van der Waals surface area contributed by atoms with Crippen LogP contribution in [0.2, 0.25) is 5.02 Å². The lowest BCUT2D eigenvalue weighted by molar-refractivity contribution is -0.137. The van der Waals surface area contributed by atoms with E-state index in [0.29, 0.717) is 28.4 Å². The molecule has 1 aliphatic rings. The highest BCUT2D eigenvalue weighted by atomic mass is 35.5. The van der Waals surface area contributed by atoms with Crippen molar-refractivity contribution in [2.75, 3.05) is 13.1 Å². The molecule has 52 heavy (non-hydrogen) atoms. The molecular weight excluding hydrogens is 711 g/mol. The predicted octanol–water partition coefficient (Wildman–Crippen LogP) is 7.65. The molecule has 0 spiro atoms. The van der Waals surface area contributed by atoms with E-state index in [9.17, 15) is 27.9 Å². The Hall–Kier alpha value is -4.62. The third-order valence-corrected chi connectivity index (χ3v) is 10.2. The molecule has 1 aliphatic heterocycles. The van der Waals surface area contributed by atoms with Gasteiger partial charge in [0.1, 0.15) is 10.7 Å². The largest absolute Gasteiger partial charge is 0.416 e. The summed E-state index contributed by atoms with van der Waals surface area (Å²) in [4.78, 5) is 39.3. The molecule has 0 radical (unpaired) electrons. The summed E-state index contributed by atoms with van der Waals surface area (Å²) in [6.45, 7) is 2.49. The number of halogens is 4. The Balaban J connectivity index is 1.26. The SMILES string of the molecule is Cc1csc([C@H]2CCCN2C(=O)c2cc(C(=O)N[C@@H](Cc3ccccc3)[C@H](O)CNCc3cccc(C(F)(F)F)c3)cc(-c3cccc(Cl)c3)n2)n1. The molecule has 13 heteroatoms. The van der Waals surface area contributed by atoms with Crippen molar-refractivity contribution in [3.63, 3.8) is 0 Å². The van der Waals surface area contributed by atoms with E-state index in [-0.39, 0.29) is 42.7 Å². The van der Waals surface area contributed by atoms with Crippen LogP contribution in [0.1, 0.15) is 67.1 Å². The number of alkyl halides is 3. The quantitative estimate of drug-likeness (QED) is 0.121. The Morgan fingerprint density at radius 1 is 1.00 bits per heavy atom. The minimum atomic E-state index is -4.47. The molecular formula is C39H37ClF3N5O3S. The third-order valence-electron chi connectivity index (χ3n) is 8.88. The Labute approximate surface area is 308 Å². The summed E-state index contributed by atoms with van der Waals surface area (Å²) in [6.07, 6.45) is -3.77. The second-order valence-electron chi connectivity index (χ2n) is 12.8. The van der Waals surface area contributed by atoms with Crippen molar-refractivity contribution in [2.45, 2.75) is 57.1 Å². The normalized spacial score (nSPS) is 15.7. The molecule has 3 aromatic carbocycles. The Morgan fingerprint density at radius 2 is 1.77 bits per heavy atom. The third kappa shape index (κ3) is 9.23. The van der Waals surface area contributed by atoms with Gasteiger partial charge in [-0.1, -0.05) is 72.3 Å². The van der Waals surface area contributed by atoms with Gasteiger partial charge in [-0.3, -0.25) is 9.59 Å². The fourth-order valence-corrected chi connectivity index (χ4v) is 7.41. The first kappa shape index (κ1) is 37.1. The van der Waals surface area contributed by atoms with Crippen LogP contribution in [0.5, 0.6) is 0 Å². The van der Waals surface area contributed by atoms with E-state index in [1.165, 1.54) is 23.5 Å². The monoisotopic (exact) mass is 747 g/mol. The summed E-state index contributed by atoms with van der Waals surface area (Å²) in [5.41, 5.74) is 2.63. The maximum absolute atomic E-state index is 14.1. The summed E-state index contributed by atoms with van der Waals surface area (Å²) in [6, 6.07) is 23.3. The first-order valence-electron chi connectivity index (χ1n) is 16.9. The molecule has 8 nitrogen and oxygen atoms in total. The van der Waals surface area contributed by atoms with Crippen molar-refractivity contribution >= 4 is 34.8 Å². The van der Waals surface area contributed by atoms with Gasteiger partial charge in [-0.25, -0.2) is 9.97 Å². The number of carbonyl (C=O) groups excluding carboxylic acids is 2. The Bertz CT molecular complexity index is 2030. The predicted molar refractivity (Wildman–Crippen MR) is 195 cm³/mol. The summed E-state index contributed by atoms with van der Waals surface area (Å²) in [5.74, 6) is -0.862. The van der Waals surface area contributed by atoms with Gasteiger partial charge >= 0.3 is 6.18 Å². The number of amides is 2. The van der Waals surface area contributed by atoms with Crippen LogP contribution in [0.3, 0.4) is 0 Å². The number of hydrogen-bond donors (Lipinski definition) is 3. The molecule has 0 bridgehead atoms. The zero-order valence-electron chi connectivity index (χ0n) is 28.2. The number of aromatic nitrogens is 2. The molecule has 270 valence electrons. The number of aliphatic hydroxyl groups excluding tert-OH is 1. The highest BCUT2D eigenvalue weighted by Gasteiger charge is 2.34. The van der Waals surface area contributed by atoms with Crippen LogP contribution < -0.4 is 10.6 Å². The molecule has 5 aromatic rings. The van der Waals surface area contributed by atoms with Gasteiger partial charge < -0.3 is 20.6 Å². The number of likely N-dealkylation sites (tertiary alicyclic amines) is 1. The van der Waals surface area contributed by atoms with Crippen molar-refractivity contribution in [1.82, 2.24) is 25.5 Å². The summed E-state index contributed by atoms with van der Waals surface area (Å²) < 4.78 is 39.7. The van der Waals surface area contributed by atoms with Crippen LogP contribution in [-0.4, -0.2) is 57.0 Å². The van der Waals surface area contributed by atoms with Gasteiger partial charge in [0, 0.05) is 46.9 Å². The van der Waals surface area contributed by atoms with Gasteiger partial charge in [0.15, 0.2) is 0 Å². The molecule has 6 rings (SSSR count). The lowest BCUT2D eigenvalue weighted by atomic mass is 10.00. The number of benzene rings is 3. The van der Waals surface area contributed by atoms with Gasteiger partial charge in [0.05, 0.1) is 29.4 Å². The standard InChI is InChI=1S/C39H37ClF3N5O3S/c1-24-23-52-37(45-24)34-14-7-15-48(34)38(51)33-20-28(19-31(46-33)27-11-6-13-30(40)18-27)36(50)47-32(17-25-8-3-2-4-9-25)35(49)22-44-21-26-10-5-12-29(16-26)39(41,42)43/h2-6,8-13,16,18-20,23,32,34-35,44,49H,7,14-15,17,21-22H2,1H3,(H,47,50)/t32-,34+,35+/m0/s1. The van der Waals surface area contributed by atoms with E-state index in [0.717, 1.165) is 41.2 Å². The minimum Gasteiger partial charge on any atom is -0.390 e. The summed E-state index contributed by atoms with van der Waals surface area (Å²) >= 11 is 7.82. The van der Waals surface area contributed by atoms with Gasteiger partial charge in [-0.2, -0.15) is 13.2 Å². The van der Waals surface area contributed by atoms with Crippen LogP contribution in [0.15, 0.2) is 96.4 Å². The molecule has 3 heterocycles. The number of rotatable bonds is 12. The highest BCUT2D eigenvalue weighted by molar-refractivity contribution is 7.09. The number of aliphatic hydroxyl groups is 1. The first-order valence-corrected chi connectivity index (χ1v) is 18.1. The number of thiazole rings is 1. The van der Waals surface area contributed by atoms with E-state index in [1.807, 2.05) is 42.6 Å².